The molecule has 6 heteroatoms. The molecule has 1 aromatic carbocycles. The van der Waals surface area contributed by atoms with Crippen molar-refractivity contribution in [3.63, 3.8) is 0 Å². The molecule has 1 heterocycles. The minimum atomic E-state index is -0.667. The molecule has 1 aromatic heterocycles. The third kappa shape index (κ3) is 3.71. The Kier molecular flexibility index (Phi) is 5.27. The van der Waals surface area contributed by atoms with Gasteiger partial charge in [0.15, 0.2) is 0 Å². The number of carbonyl (C=O) groups excluding carboxylic acids is 2. The van der Waals surface area contributed by atoms with Gasteiger partial charge in [0.1, 0.15) is 11.9 Å². The number of amides is 2. The first-order valence-corrected chi connectivity index (χ1v) is 7.82. The monoisotopic (exact) mass is 320 g/mol. The Bertz CT molecular complexity index is 641. The molecule has 2 aromatic rings. The standard InChI is InChI=1S/C16H17FN2O2S/c1-3-19(13-8-6-12(17)7-9-13)16(21)11(2)18-15(20)14-5-4-10-22-14/h4-11H,3H2,1-2H3,(H,18,20). The van der Waals surface area contributed by atoms with Crippen LogP contribution in [0, 0.1) is 5.82 Å². The molecule has 1 atom stereocenters. The molecule has 0 fully saturated rings. The van der Waals surface area contributed by atoms with Crippen molar-refractivity contribution in [2.24, 2.45) is 0 Å². The van der Waals surface area contributed by atoms with Crippen molar-refractivity contribution in [1.82, 2.24) is 5.32 Å². The van der Waals surface area contributed by atoms with Crippen molar-refractivity contribution < 1.29 is 14.0 Å². The lowest BCUT2D eigenvalue weighted by Gasteiger charge is -2.25. The molecule has 1 unspecified atom stereocenters. The van der Waals surface area contributed by atoms with E-state index in [1.54, 1.807) is 36.6 Å². The van der Waals surface area contributed by atoms with Crippen LogP contribution in [0.25, 0.3) is 0 Å². The normalized spacial score (nSPS) is 11.8. The van der Waals surface area contributed by atoms with Crippen LogP contribution in [-0.2, 0) is 4.79 Å². The highest BCUT2D eigenvalue weighted by atomic mass is 32.1. The van der Waals surface area contributed by atoms with Crippen molar-refractivity contribution in [3.05, 3.63) is 52.5 Å². The summed E-state index contributed by atoms with van der Waals surface area (Å²) in [5, 5.41) is 4.49. The first-order valence-electron chi connectivity index (χ1n) is 6.94. The third-order valence-corrected chi connectivity index (χ3v) is 4.05. The van der Waals surface area contributed by atoms with E-state index in [1.165, 1.54) is 28.4 Å². The highest BCUT2D eigenvalue weighted by molar-refractivity contribution is 7.12. The number of nitrogens with zero attached hydrogens (tertiary/aromatic N) is 1. The lowest BCUT2D eigenvalue weighted by Crippen LogP contribution is -2.47. The predicted molar refractivity (Wildman–Crippen MR) is 85.7 cm³/mol. The summed E-state index contributed by atoms with van der Waals surface area (Å²) >= 11 is 1.32. The van der Waals surface area contributed by atoms with Crippen molar-refractivity contribution in [1.29, 1.82) is 0 Å². The van der Waals surface area contributed by atoms with E-state index < -0.39 is 6.04 Å². The van der Waals surface area contributed by atoms with E-state index in [1.807, 2.05) is 6.92 Å². The number of thiophene rings is 1. The summed E-state index contributed by atoms with van der Waals surface area (Å²) in [5.74, 6) is -0.865. The third-order valence-electron chi connectivity index (χ3n) is 3.18. The Balaban J connectivity index is 2.07. The molecule has 0 aliphatic carbocycles. The second-order valence-corrected chi connectivity index (χ2v) is 5.68. The fourth-order valence-corrected chi connectivity index (χ4v) is 2.68. The molecule has 2 amide bonds. The second-order valence-electron chi connectivity index (χ2n) is 4.73. The highest BCUT2D eigenvalue weighted by Crippen LogP contribution is 2.16. The van der Waals surface area contributed by atoms with E-state index in [2.05, 4.69) is 5.32 Å². The minimum absolute atomic E-state index is 0.237. The molecule has 0 radical (unpaired) electrons. The molecule has 0 aliphatic heterocycles. The first kappa shape index (κ1) is 16.2. The van der Waals surface area contributed by atoms with E-state index in [-0.39, 0.29) is 17.6 Å². The van der Waals surface area contributed by atoms with Crippen LogP contribution in [0.15, 0.2) is 41.8 Å². The molecule has 2 rings (SSSR count). The highest BCUT2D eigenvalue weighted by Gasteiger charge is 2.23. The molecule has 0 saturated carbocycles. The molecular weight excluding hydrogens is 303 g/mol. The molecule has 0 aliphatic rings. The number of rotatable bonds is 5. The van der Waals surface area contributed by atoms with Crippen LogP contribution < -0.4 is 10.2 Å². The van der Waals surface area contributed by atoms with Crippen LogP contribution in [0.4, 0.5) is 10.1 Å². The summed E-state index contributed by atoms with van der Waals surface area (Å²) in [4.78, 5) is 26.5. The minimum Gasteiger partial charge on any atom is -0.340 e. The number of likely N-dealkylation sites (N-methyl/N-ethyl adjacent to an activating group) is 1. The molecule has 1 N–H and O–H groups in total. The van der Waals surface area contributed by atoms with Gasteiger partial charge < -0.3 is 10.2 Å². The van der Waals surface area contributed by atoms with Crippen LogP contribution in [-0.4, -0.2) is 24.4 Å². The fraction of sp³-hybridized carbons (Fsp3) is 0.250. The van der Waals surface area contributed by atoms with E-state index >= 15 is 0 Å². The van der Waals surface area contributed by atoms with Gasteiger partial charge in [-0.2, -0.15) is 0 Å². The molecule has 0 saturated heterocycles. The van der Waals surface area contributed by atoms with Gasteiger partial charge in [-0.1, -0.05) is 6.07 Å². The van der Waals surface area contributed by atoms with Crippen molar-refractivity contribution in [3.8, 4) is 0 Å². The smallest absolute Gasteiger partial charge is 0.261 e. The van der Waals surface area contributed by atoms with Gasteiger partial charge in [0, 0.05) is 12.2 Å². The van der Waals surface area contributed by atoms with Gasteiger partial charge in [0.05, 0.1) is 4.88 Å². The maximum Gasteiger partial charge on any atom is 0.261 e. The van der Waals surface area contributed by atoms with Gasteiger partial charge in [-0.25, -0.2) is 4.39 Å². The van der Waals surface area contributed by atoms with Crippen LogP contribution in [0.3, 0.4) is 0 Å². The maximum atomic E-state index is 13.0. The summed E-state index contributed by atoms with van der Waals surface area (Å²) in [6, 6.07) is 8.52. The molecule has 116 valence electrons. The first-order chi connectivity index (χ1) is 10.5. The van der Waals surface area contributed by atoms with E-state index in [0.717, 1.165) is 0 Å². The van der Waals surface area contributed by atoms with Gasteiger partial charge in [-0.05, 0) is 49.6 Å². The van der Waals surface area contributed by atoms with E-state index in [4.69, 9.17) is 0 Å². The fourth-order valence-electron chi connectivity index (χ4n) is 2.06. The Hall–Kier alpha value is -2.21. The quantitative estimate of drug-likeness (QED) is 0.920. The summed E-state index contributed by atoms with van der Waals surface area (Å²) in [5.41, 5.74) is 0.603. The van der Waals surface area contributed by atoms with E-state index in [9.17, 15) is 14.0 Å². The van der Waals surface area contributed by atoms with Crippen LogP contribution in [0.1, 0.15) is 23.5 Å². The van der Waals surface area contributed by atoms with E-state index in [0.29, 0.717) is 17.1 Å². The second kappa shape index (κ2) is 7.17. The summed E-state index contributed by atoms with van der Waals surface area (Å²) < 4.78 is 13.0. The number of halogens is 1. The van der Waals surface area contributed by atoms with Crippen LogP contribution in [0.5, 0.6) is 0 Å². The van der Waals surface area contributed by atoms with Crippen LogP contribution >= 0.6 is 11.3 Å². The zero-order valence-electron chi connectivity index (χ0n) is 12.4. The molecule has 0 bridgehead atoms. The van der Waals surface area contributed by atoms with Gasteiger partial charge in [-0.3, -0.25) is 9.59 Å². The number of hydrogen-bond acceptors (Lipinski definition) is 3. The van der Waals surface area contributed by atoms with Gasteiger partial charge in [0.2, 0.25) is 5.91 Å². The lowest BCUT2D eigenvalue weighted by molar-refractivity contribution is -0.120. The number of carbonyl (C=O) groups is 2. The Morgan fingerprint density at radius 2 is 1.95 bits per heavy atom. The lowest BCUT2D eigenvalue weighted by atomic mass is 10.2. The number of hydrogen-bond donors (Lipinski definition) is 1. The van der Waals surface area contributed by atoms with Crippen molar-refractivity contribution in [2.75, 3.05) is 11.4 Å². The van der Waals surface area contributed by atoms with Crippen molar-refractivity contribution >= 4 is 28.8 Å². The van der Waals surface area contributed by atoms with Crippen LogP contribution in [0.2, 0.25) is 0 Å². The average molecular weight is 320 g/mol. The zero-order valence-corrected chi connectivity index (χ0v) is 13.2. The average Bonchev–Trinajstić information content (AvgIpc) is 3.04. The summed E-state index contributed by atoms with van der Waals surface area (Å²) in [6.45, 7) is 3.90. The molecular formula is C16H17FN2O2S. The van der Waals surface area contributed by atoms with Crippen molar-refractivity contribution in [2.45, 2.75) is 19.9 Å². The summed E-state index contributed by atoms with van der Waals surface area (Å²) in [7, 11) is 0. The zero-order chi connectivity index (χ0) is 16.1. The van der Waals surface area contributed by atoms with Gasteiger partial charge >= 0.3 is 0 Å². The maximum absolute atomic E-state index is 13.0. The van der Waals surface area contributed by atoms with Gasteiger partial charge in [-0.15, -0.1) is 11.3 Å². The SMILES string of the molecule is CCN(C(=O)C(C)NC(=O)c1cccs1)c1ccc(F)cc1. The number of nitrogens with one attached hydrogen (secondary N) is 1. The molecule has 22 heavy (non-hydrogen) atoms. The molecule has 4 nitrogen and oxygen atoms in total. The predicted octanol–water partition coefficient (Wildman–Crippen LogP) is 3.06. The Labute approximate surface area is 132 Å². The number of anilines is 1. The Morgan fingerprint density at radius 3 is 2.50 bits per heavy atom. The Morgan fingerprint density at radius 1 is 1.27 bits per heavy atom. The summed E-state index contributed by atoms with van der Waals surface area (Å²) in [6.07, 6.45) is 0. The van der Waals surface area contributed by atoms with Gasteiger partial charge in [0.25, 0.3) is 5.91 Å². The molecule has 0 spiro atoms. The number of benzene rings is 1. The largest absolute Gasteiger partial charge is 0.340 e. The topological polar surface area (TPSA) is 49.4 Å².